The molecule has 4 aromatic heterocycles. The summed E-state index contributed by atoms with van der Waals surface area (Å²) >= 11 is 0. The van der Waals surface area contributed by atoms with E-state index in [1.807, 2.05) is 61.7 Å². The van der Waals surface area contributed by atoms with Crippen molar-refractivity contribution >= 4 is 28.8 Å². The van der Waals surface area contributed by atoms with Crippen LogP contribution >= 0.6 is 0 Å². The van der Waals surface area contributed by atoms with Gasteiger partial charge in [-0.2, -0.15) is 5.10 Å². The first-order valence-corrected chi connectivity index (χ1v) is 9.96. The van der Waals surface area contributed by atoms with Gasteiger partial charge in [0.25, 0.3) is 0 Å². The molecule has 1 aromatic carbocycles. The minimum absolute atomic E-state index is 0.695. The quantitative estimate of drug-likeness (QED) is 0.478. The molecule has 0 fully saturated rings. The Balaban J connectivity index is 1.68. The molecule has 5 aromatic rings. The predicted molar refractivity (Wildman–Crippen MR) is 124 cm³/mol. The van der Waals surface area contributed by atoms with E-state index in [4.69, 9.17) is 4.98 Å². The Morgan fingerprint density at radius 3 is 2.58 bits per heavy atom. The minimum Gasteiger partial charge on any atom is -0.337 e. The van der Waals surface area contributed by atoms with Crippen molar-refractivity contribution in [1.82, 2.24) is 30.1 Å². The summed E-state index contributed by atoms with van der Waals surface area (Å²) < 4.78 is 0. The third-order valence-corrected chi connectivity index (χ3v) is 5.18. The van der Waals surface area contributed by atoms with Gasteiger partial charge in [0.2, 0.25) is 0 Å². The van der Waals surface area contributed by atoms with Gasteiger partial charge in [-0.15, -0.1) is 0 Å². The Morgan fingerprint density at radius 1 is 1.00 bits per heavy atom. The molecule has 0 aliphatic heterocycles. The highest BCUT2D eigenvalue weighted by Gasteiger charge is 2.14. The van der Waals surface area contributed by atoms with Crippen molar-refractivity contribution in [2.24, 2.45) is 0 Å². The van der Waals surface area contributed by atoms with E-state index in [2.05, 4.69) is 37.8 Å². The second kappa shape index (κ2) is 7.84. The maximum absolute atomic E-state index is 4.91. The maximum Gasteiger partial charge on any atom is 0.159 e. The molecule has 0 saturated carbocycles. The number of hydrogen-bond acceptors (Lipinski definition) is 4. The number of rotatable bonds is 4. The summed E-state index contributed by atoms with van der Waals surface area (Å²) in [7, 11) is 0. The summed E-state index contributed by atoms with van der Waals surface area (Å²) in [6.45, 7) is 6.19. The van der Waals surface area contributed by atoms with Crippen molar-refractivity contribution in [2.45, 2.75) is 6.92 Å². The number of pyridine rings is 2. The molecule has 6 nitrogen and oxygen atoms in total. The Morgan fingerprint density at radius 2 is 1.84 bits per heavy atom. The minimum atomic E-state index is 0.695. The van der Waals surface area contributed by atoms with Gasteiger partial charge >= 0.3 is 0 Å². The van der Waals surface area contributed by atoms with Crippen molar-refractivity contribution in [2.75, 3.05) is 0 Å². The Kier molecular flexibility index (Phi) is 4.72. The number of hydrogen-bond donors (Lipinski definition) is 2. The highest BCUT2D eigenvalue weighted by atomic mass is 15.1. The lowest BCUT2D eigenvalue weighted by Crippen LogP contribution is -2.23. The van der Waals surface area contributed by atoms with Gasteiger partial charge in [-0.1, -0.05) is 36.9 Å². The Labute approximate surface area is 178 Å². The third kappa shape index (κ3) is 3.44. The standard InChI is InChI=1S/C25H20N6/c1-3-21-20(13-16(2)17-7-5-11-26-14-17)24(31-30-21)25-28-22-10-4-9-19(23(22)29-25)18-8-6-12-27-15-18/h3-15,30H,2H2,1H3,(H,28,29)/b20-13+,21-3+. The van der Waals surface area contributed by atoms with Crippen molar-refractivity contribution in [3.63, 3.8) is 0 Å². The van der Waals surface area contributed by atoms with E-state index < -0.39 is 0 Å². The molecule has 0 amide bonds. The molecule has 0 atom stereocenters. The fourth-order valence-corrected chi connectivity index (χ4v) is 3.62. The maximum atomic E-state index is 4.91. The van der Waals surface area contributed by atoms with Gasteiger partial charge in [0, 0.05) is 41.1 Å². The second-order valence-corrected chi connectivity index (χ2v) is 7.13. The number of imidazole rings is 1. The molecule has 0 spiro atoms. The lowest BCUT2D eigenvalue weighted by atomic mass is 10.1. The average Bonchev–Trinajstić information content (AvgIpc) is 3.43. The number of fused-ring (bicyclic) bond motifs is 1. The zero-order valence-corrected chi connectivity index (χ0v) is 17.0. The molecule has 0 bridgehead atoms. The molecule has 5 rings (SSSR count). The summed E-state index contributed by atoms with van der Waals surface area (Å²) in [6.07, 6.45) is 11.2. The first-order valence-electron chi connectivity index (χ1n) is 9.96. The van der Waals surface area contributed by atoms with E-state index in [-0.39, 0.29) is 0 Å². The van der Waals surface area contributed by atoms with Gasteiger partial charge in [0.15, 0.2) is 5.82 Å². The van der Waals surface area contributed by atoms with E-state index in [9.17, 15) is 0 Å². The van der Waals surface area contributed by atoms with Crippen LogP contribution in [0.4, 0.5) is 0 Å². The number of nitrogens with zero attached hydrogens (tertiary/aromatic N) is 4. The van der Waals surface area contributed by atoms with Crippen LogP contribution < -0.4 is 10.6 Å². The van der Waals surface area contributed by atoms with E-state index in [0.717, 1.165) is 49.6 Å². The number of benzene rings is 1. The van der Waals surface area contributed by atoms with E-state index in [1.54, 1.807) is 18.6 Å². The highest BCUT2D eigenvalue weighted by Crippen LogP contribution is 2.28. The number of allylic oxidation sites excluding steroid dienone is 1. The average molecular weight is 404 g/mol. The van der Waals surface area contributed by atoms with Gasteiger partial charge in [-0.05, 0) is 42.3 Å². The monoisotopic (exact) mass is 404 g/mol. The predicted octanol–water partition coefficient (Wildman–Crippen LogP) is 3.70. The van der Waals surface area contributed by atoms with Crippen LogP contribution in [0.3, 0.4) is 0 Å². The van der Waals surface area contributed by atoms with Crippen LogP contribution in [-0.4, -0.2) is 30.1 Å². The van der Waals surface area contributed by atoms with Crippen LogP contribution in [-0.2, 0) is 0 Å². The van der Waals surface area contributed by atoms with Crippen LogP contribution in [0, 0.1) is 0 Å². The molecular weight excluding hydrogens is 384 g/mol. The topological polar surface area (TPSA) is 83.1 Å². The molecular formula is C25H20N6. The molecule has 0 saturated heterocycles. The molecule has 2 N–H and O–H groups in total. The number of aromatic nitrogens is 6. The molecule has 4 heterocycles. The highest BCUT2D eigenvalue weighted by molar-refractivity contribution is 5.94. The molecule has 0 aliphatic rings. The van der Waals surface area contributed by atoms with Gasteiger partial charge in [0.05, 0.1) is 16.4 Å². The van der Waals surface area contributed by atoms with Crippen LogP contribution in [0.25, 0.3) is 51.4 Å². The first kappa shape index (κ1) is 18.7. The fraction of sp³-hybridized carbons (Fsp3) is 0.0400. The van der Waals surface area contributed by atoms with Crippen molar-refractivity contribution in [3.05, 3.63) is 90.0 Å². The van der Waals surface area contributed by atoms with Crippen LogP contribution in [0.15, 0.2) is 73.8 Å². The third-order valence-electron chi connectivity index (χ3n) is 5.18. The number of nitrogens with one attached hydrogen (secondary N) is 2. The van der Waals surface area contributed by atoms with Crippen molar-refractivity contribution in [3.8, 4) is 22.6 Å². The summed E-state index contributed by atoms with van der Waals surface area (Å²) in [5, 5.41) is 9.50. The number of aromatic amines is 2. The largest absolute Gasteiger partial charge is 0.337 e. The van der Waals surface area contributed by atoms with Crippen molar-refractivity contribution in [1.29, 1.82) is 0 Å². The summed E-state index contributed by atoms with van der Waals surface area (Å²) in [6, 6.07) is 13.9. The molecule has 150 valence electrons. The van der Waals surface area contributed by atoms with Gasteiger partial charge in [-0.3, -0.25) is 15.1 Å². The molecule has 6 heteroatoms. The van der Waals surface area contributed by atoms with Crippen LogP contribution in [0.5, 0.6) is 0 Å². The Bertz CT molecular complexity index is 1490. The number of para-hydroxylation sites is 1. The van der Waals surface area contributed by atoms with E-state index >= 15 is 0 Å². The molecule has 31 heavy (non-hydrogen) atoms. The zero-order valence-electron chi connectivity index (χ0n) is 17.0. The number of H-pyrrole nitrogens is 2. The van der Waals surface area contributed by atoms with E-state index in [1.165, 1.54) is 0 Å². The van der Waals surface area contributed by atoms with Crippen molar-refractivity contribution < 1.29 is 0 Å². The van der Waals surface area contributed by atoms with Gasteiger partial charge < -0.3 is 4.98 Å². The van der Waals surface area contributed by atoms with Crippen LogP contribution in [0.1, 0.15) is 12.5 Å². The summed E-state index contributed by atoms with van der Waals surface area (Å²) in [4.78, 5) is 16.8. The first-order chi connectivity index (χ1) is 15.2. The zero-order chi connectivity index (χ0) is 21.2. The molecule has 0 aliphatic carbocycles. The van der Waals surface area contributed by atoms with Gasteiger partial charge in [0.1, 0.15) is 5.69 Å². The smallest absolute Gasteiger partial charge is 0.159 e. The lowest BCUT2D eigenvalue weighted by molar-refractivity contribution is 1.05. The normalized spacial score (nSPS) is 12.5. The molecule has 0 radical (unpaired) electrons. The van der Waals surface area contributed by atoms with E-state index in [0.29, 0.717) is 5.82 Å². The summed E-state index contributed by atoms with van der Waals surface area (Å²) in [5.74, 6) is 0.695. The fourth-order valence-electron chi connectivity index (χ4n) is 3.62. The van der Waals surface area contributed by atoms with Gasteiger partial charge in [-0.25, -0.2) is 4.98 Å². The summed E-state index contributed by atoms with van der Waals surface area (Å²) in [5.41, 5.74) is 6.42. The Hall–Kier alpha value is -4.32. The molecule has 0 unspecified atom stereocenters. The SMILES string of the molecule is C=C(/C=c1/c(-c2nc3c(-c4cccnc4)cccc3[nH]2)n[nH]/c1=C/C)c1cccnc1. The lowest BCUT2D eigenvalue weighted by Gasteiger charge is -2.00. The van der Waals surface area contributed by atoms with Crippen LogP contribution in [0.2, 0.25) is 0 Å². The second-order valence-electron chi connectivity index (χ2n) is 7.13.